The average Bonchev–Trinajstić information content (AvgIpc) is 1.95. The molecule has 0 heterocycles. The summed E-state index contributed by atoms with van der Waals surface area (Å²) in [6.07, 6.45) is 4.33. The Hall–Kier alpha value is -6.88. The summed E-state index contributed by atoms with van der Waals surface area (Å²) < 4.78 is 0. The Morgan fingerprint density at radius 1 is 0.281 bits per heavy atom. The molecule has 10 aromatic carbocycles. The molecule has 0 unspecified atom stereocenters. The van der Waals surface area contributed by atoms with Crippen molar-refractivity contribution < 1.29 is 0 Å². The van der Waals surface area contributed by atoms with Gasteiger partial charge in [0.15, 0.2) is 0 Å². The molecule has 3 heteroatoms. The highest BCUT2D eigenvalue weighted by Gasteiger charge is 2.20. The monoisotopic (exact) mass is 1260 g/mol. The van der Waals surface area contributed by atoms with Gasteiger partial charge in [-0.15, -0.1) is 0 Å². The molecule has 0 saturated heterocycles. The lowest BCUT2D eigenvalue weighted by molar-refractivity contribution is 0.373. The van der Waals surface area contributed by atoms with E-state index in [9.17, 15) is 0 Å². The highest BCUT2D eigenvalue weighted by atomic mass is 79.9. The third-order valence-corrected chi connectivity index (χ3v) is 14.2. The lowest BCUT2D eigenvalue weighted by atomic mass is 9.84. The Kier molecular flexibility index (Phi) is 47.0. The fourth-order valence-corrected chi connectivity index (χ4v) is 10.2. The molecule has 0 aromatic heterocycles. The molecular formula is C86H119BrN2. The van der Waals surface area contributed by atoms with E-state index in [1.54, 1.807) is 0 Å². The Labute approximate surface area is 554 Å². The predicted octanol–water partition coefficient (Wildman–Crippen LogP) is 26.1. The summed E-state index contributed by atoms with van der Waals surface area (Å²) in [5.41, 5.74) is 22.9. The van der Waals surface area contributed by atoms with Crippen LogP contribution in [0.5, 0.6) is 0 Å². The summed E-state index contributed by atoms with van der Waals surface area (Å²) in [7, 11) is 4.04. The van der Waals surface area contributed by atoms with Crippen molar-refractivity contribution in [1.82, 2.24) is 10.2 Å². The van der Waals surface area contributed by atoms with E-state index in [1.807, 2.05) is 125 Å². The minimum atomic E-state index is 1.06. The fraction of sp³-hybridized carbons (Fsp3) is 0.349. The molecule has 0 atom stereocenters. The fourth-order valence-electron chi connectivity index (χ4n) is 10.2. The molecule has 0 aliphatic heterocycles. The van der Waals surface area contributed by atoms with Crippen LogP contribution in [-0.4, -0.2) is 44.0 Å². The zero-order valence-corrected chi connectivity index (χ0v) is 61.4. The van der Waals surface area contributed by atoms with Gasteiger partial charge in [-0.05, 0) is 170 Å². The maximum atomic E-state index is 3.15. The first-order valence-electron chi connectivity index (χ1n) is 34.3. The Morgan fingerprint density at radius 3 is 0.652 bits per heavy atom. The SMILES string of the molecule is CC.CC.CC.CC.CC.CC.CC.CC.CCBr.CCN(C)CC.CCNC.c1ccc2c(c1)Cc1cccc3cccc-2c13.c1ccc2c(c1)Cc1cccc3cccc-2c13.c1ccc2c(c1)Cc1ccccc1-2.c1ccc2c(c1)Cc1ccccc1-2. The number of hydrogen-bond acceptors (Lipinski definition) is 2. The lowest BCUT2D eigenvalue weighted by Gasteiger charge is -2.20. The van der Waals surface area contributed by atoms with Crippen LogP contribution in [0.15, 0.2) is 218 Å². The lowest BCUT2D eigenvalue weighted by Crippen LogP contribution is -2.15. The van der Waals surface area contributed by atoms with Crippen LogP contribution < -0.4 is 5.32 Å². The number of halogens is 1. The number of nitrogens with one attached hydrogen (secondary N) is 1. The van der Waals surface area contributed by atoms with Gasteiger partial charge in [0, 0.05) is 5.33 Å². The van der Waals surface area contributed by atoms with E-state index in [2.05, 4.69) is 272 Å². The van der Waals surface area contributed by atoms with Gasteiger partial charge >= 0.3 is 0 Å². The van der Waals surface area contributed by atoms with E-state index < -0.39 is 0 Å². The standard InChI is InChI=1S/2C17H12.2C13H10.C5H13N.C3H9N.C2H5Br.8C2H6/c2*1-2-9-15-13(5-1)11-14-8-3-6-12-7-4-10-16(15)17(12)14;2*1-3-7-12-10(5-1)9-11-6-2-4-8-13(11)12;1-4-6(3)5-2;1-3-4-2;1-2-3;8*1-2/h2*1-10H,11H2;2*1-8H,9H2;4-5H2,1-3H3;4H,3H2,1-2H3;2H2,1H3;8*1-2H3. The second-order valence-electron chi connectivity index (χ2n) is 18.8. The number of alkyl halides is 1. The Morgan fingerprint density at radius 2 is 0.449 bits per heavy atom. The van der Waals surface area contributed by atoms with Crippen molar-refractivity contribution >= 4 is 37.5 Å². The molecule has 89 heavy (non-hydrogen) atoms. The van der Waals surface area contributed by atoms with Crippen molar-refractivity contribution in [3.63, 3.8) is 0 Å². The second-order valence-corrected chi connectivity index (χ2v) is 19.9. The minimum Gasteiger partial charge on any atom is -0.320 e. The molecule has 4 aliphatic carbocycles. The first kappa shape index (κ1) is 82.1. The van der Waals surface area contributed by atoms with Crippen LogP contribution in [-0.2, 0) is 25.7 Å². The van der Waals surface area contributed by atoms with Crippen molar-refractivity contribution in [3.05, 3.63) is 263 Å². The van der Waals surface area contributed by atoms with Crippen LogP contribution in [0.25, 0.3) is 66.1 Å². The van der Waals surface area contributed by atoms with Crippen molar-refractivity contribution in [2.24, 2.45) is 0 Å². The number of rotatable bonds is 3. The molecule has 0 saturated carbocycles. The molecule has 0 spiro atoms. The smallest absolute Gasteiger partial charge is 0.000281 e. The number of nitrogens with zero attached hydrogens (tertiary/aromatic N) is 1. The average molecular weight is 1260 g/mol. The van der Waals surface area contributed by atoms with Crippen LogP contribution in [0.3, 0.4) is 0 Å². The molecule has 14 rings (SSSR count). The van der Waals surface area contributed by atoms with Gasteiger partial charge in [0.1, 0.15) is 0 Å². The molecular weight excluding hydrogens is 1140 g/mol. The topological polar surface area (TPSA) is 15.3 Å². The molecule has 2 nitrogen and oxygen atoms in total. The number of fused-ring (bicyclic) bond motifs is 10. The molecule has 480 valence electrons. The van der Waals surface area contributed by atoms with Gasteiger partial charge in [-0.1, -0.05) is 373 Å². The van der Waals surface area contributed by atoms with Crippen LogP contribution >= 0.6 is 15.9 Å². The number of benzene rings is 10. The van der Waals surface area contributed by atoms with Crippen molar-refractivity contribution in [2.45, 2.75) is 164 Å². The van der Waals surface area contributed by atoms with Gasteiger partial charge in [0.25, 0.3) is 0 Å². The molecule has 4 aliphatic rings. The minimum absolute atomic E-state index is 1.06. The van der Waals surface area contributed by atoms with E-state index >= 15 is 0 Å². The largest absolute Gasteiger partial charge is 0.320 e. The molecule has 0 bridgehead atoms. The van der Waals surface area contributed by atoms with Gasteiger partial charge in [0.05, 0.1) is 0 Å². The first-order valence-corrected chi connectivity index (χ1v) is 35.4. The predicted molar refractivity (Wildman–Crippen MR) is 412 cm³/mol. The molecule has 0 amide bonds. The molecule has 1 N–H and O–H groups in total. The van der Waals surface area contributed by atoms with E-state index in [0.29, 0.717) is 0 Å². The quantitative estimate of drug-likeness (QED) is 0.177. The van der Waals surface area contributed by atoms with Crippen molar-refractivity contribution in [3.8, 4) is 44.5 Å². The van der Waals surface area contributed by atoms with Gasteiger partial charge in [-0.2, -0.15) is 0 Å². The summed E-state index contributed by atoms with van der Waals surface area (Å²) in [5.74, 6) is 0. The third-order valence-electron chi connectivity index (χ3n) is 14.2. The maximum absolute atomic E-state index is 3.15. The molecule has 0 radical (unpaired) electrons. The van der Waals surface area contributed by atoms with Crippen molar-refractivity contribution in [1.29, 1.82) is 0 Å². The highest BCUT2D eigenvalue weighted by Crippen LogP contribution is 2.41. The van der Waals surface area contributed by atoms with E-state index in [0.717, 1.165) is 50.6 Å². The van der Waals surface area contributed by atoms with Crippen molar-refractivity contribution in [2.75, 3.05) is 39.1 Å². The summed E-state index contributed by atoms with van der Waals surface area (Å²) in [5, 5.41) is 9.58. The van der Waals surface area contributed by atoms with E-state index in [1.165, 1.54) is 111 Å². The van der Waals surface area contributed by atoms with Gasteiger partial charge in [-0.3, -0.25) is 0 Å². The molecule has 0 fully saturated rings. The highest BCUT2D eigenvalue weighted by molar-refractivity contribution is 9.09. The van der Waals surface area contributed by atoms with Crippen LogP contribution in [0.1, 0.15) is 183 Å². The van der Waals surface area contributed by atoms with Gasteiger partial charge < -0.3 is 10.2 Å². The summed E-state index contributed by atoms with van der Waals surface area (Å²) in [4.78, 5) is 2.25. The van der Waals surface area contributed by atoms with E-state index in [-0.39, 0.29) is 0 Å². The Bertz CT molecular complexity index is 3060. The van der Waals surface area contributed by atoms with Gasteiger partial charge in [-0.25, -0.2) is 0 Å². The molecule has 10 aromatic rings. The number of hydrogen-bond donors (Lipinski definition) is 1. The summed E-state index contributed by atoms with van der Waals surface area (Å²) in [6, 6.07) is 78.5. The zero-order chi connectivity index (χ0) is 66.9. The second kappa shape index (κ2) is 50.9. The first-order chi connectivity index (χ1) is 43.9. The third kappa shape index (κ3) is 24.4. The maximum Gasteiger partial charge on any atom is 0.000281 e. The van der Waals surface area contributed by atoms with Gasteiger partial charge in [0.2, 0.25) is 0 Å². The summed E-state index contributed by atoms with van der Waals surface area (Å²) >= 11 is 3.15. The van der Waals surface area contributed by atoms with Crippen LogP contribution in [0.2, 0.25) is 0 Å². The zero-order valence-electron chi connectivity index (χ0n) is 59.8. The van der Waals surface area contributed by atoms with Crippen LogP contribution in [0.4, 0.5) is 0 Å². The van der Waals surface area contributed by atoms with Crippen LogP contribution in [0, 0.1) is 0 Å². The Balaban J connectivity index is 0.00000102. The summed E-state index contributed by atoms with van der Waals surface area (Å²) in [6.45, 7) is 43.8. The normalized spacial score (nSPS) is 10.1. The van der Waals surface area contributed by atoms with E-state index in [4.69, 9.17) is 0 Å².